The number of rotatable bonds is 16. The molecule has 8 atom stereocenters. The zero-order valence-corrected chi connectivity index (χ0v) is 33.1. The number of hydrogen-bond donors (Lipinski definition) is 6. The Morgan fingerprint density at radius 1 is 1.11 bits per heavy atom. The number of ether oxygens (including phenoxy) is 2. The van der Waals surface area contributed by atoms with Gasteiger partial charge in [0, 0.05) is 36.8 Å². The number of anilines is 1. The number of urea groups is 1. The molecule has 6 N–H and O–H groups in total. The third-order valence-electron chi connectivity index (χ3n) is 10.2. The van der Waals surface area contributed by atoms with Crippen molar-refractivity contribution in [3.8, 4) is 0 Å². The van der Waals surface area contributed by atoms with Gasteiger partial charge in [-0.05, 0) is 53.8 Å². The Kier molecular flexibility index (Phi) is 14.8. The fraction of sp³-hybridized carbons (Fsp3) is 0.500. The first-order chi connectivity index (χ1) is 25.9. The topological polar surface area (TPSA) is 221 Å². The van der Waals surface area contributed by atoms with Crippen LogP contribution in [0.3, 0.4) is 0 Å². The fourth-order valence-corrected chi connectivity index (χ4v) is 9.70. The summed E-state index contributed by atoms with van der Waals surface area (Å²) in [6, 6.07) is 12.9. The maximum Gasteiger partial charge on any atom is 0.397 e. The molecule has 55 heavy (non-hydrogen) atoms. The number of aliphatic hydroxyl groups is 3. The van der Waals surface area contributed by atoms with Gasteiger partial charge in [-0.1, -0.05) is 76.3 Å². The van der Waals surface area contributed by atoms with Crippen molar-refractivity contribution < 1.29 is 55.2 Å². The quantitative estimate of drug-likeness (QED) is 0.106. The molecule has 0 aliphatic carbocycles. The molecule has 2 aromatic carbocycles. The highest BCUT2D eigenvalue weighted by molar-refractivity contribution is 7.91. The molecular formula is C38H53N3O12S2. The third kappa shape index (κ3) is 10.8. The van der Waals surface area contributed by atoms with E-state index < -0.39 is 81.0 Å². The Hall–Kier alpha value is -3.65. The highest BCUT2D eigenvalue weighted by atomic mass is 32.3. The third-order valence-corrected chi connectivity index (χ3v) is 12.6. The predicted octanol–water partition coefficient (Wildman–Crippen LogP) is 3.35. The van der Waals surface area contributed by atoms with Crippen LogP contribution in [0.1, 0.15) is 56.6 Å². The average molecular weight is 808 g/mol. The molecular weight excluding hydrogens is 755 g/mol. The van der Waals surface area contributed by atoms with E-state index in [-0.39, 0.29) is 23.0 Å². The molecule has 0 saturated carbocycles. The zero-order valence-electron chi connectivity index (χ0n) is 31.5. The van der Waals surface area contributed by atoms with Crippen molar-refractivity contribution >= 4 is 32.0 Å². The Balaban J connectivity index is 1.63. The van der Waals surface area contributed by atoms with Gasteiger partial charge >= 0.3 is 16.4 Å². The Labute approximate surface area is 323 Å². The summed E-state index contributed by atoms with van der Waals surface area (Å²) in [5.41, 5.74) is 1.17. The number of allylic oxidation sites excluding steroid dienone is 2. The summed E-state index contributed by atoms with van der Waals surface area (Å²) in [5, 5.41) is 39.3. The first kappa shape index (κ1) is 44.1. The van der Waals surface area contributed by atoms with E-state index in [0.717, 1.165) is 6.42 Å². The molecule has 1 fully saturated rings. The number of benzene rings is 2. The molecule has 17 heteroatoms. The maximum absolute atomic E-state index is 14.0. The second-order valence-electron chi connectivity index (χ2n) is 14.1. The summed E-state index contributed by atoms with van der Waals surface area (Å²) < 4.78 is 75.6. The molecule has 304 valence electrons. The lowest BCUT2D eigenvalue weighted by Gasteiger charge is -2.42. The number of carbonyl (C=O) groups excluding carboxylic acids is 1. The monoisotopic (exact) mass is 807 g/mol. The van der Waals surface area contributed by atoms with Gasteiger partial charge in [0.2, 0.25) is 0 Å². The Morgan fingerprint density at radius 2 is 1.80 bits per heavy atom. The molecule has 2 aromatic rings. The minimum Gasteiger partial charge on any atom is -0.392 e. The number of amides is 2. The summed E-state index contributed by atoms with van der Waals surface area (Å²) in [6.07, 6.45) is -3.67. The van der Waals surface area contributed by atoms with E-state index in [1.807, 2.05) is 32.8 Å². The molecule has 0 bridgehead atoms. The largest absolute Gasteiger partial charge is 0.397 e. The predicted molar refractivity (Wildman–Crippen MR) is 206 cm³/mol. The van der Waals surface area contributed by atoms with E-state index >= 15 is 0 Å². The molecule has 4 rings (SSSR count). The van der Waals surface area contributed by atoms with Crippen molar-refractivity contribution in [2.75, 3.05) is 31.4 Å². The molecule has 0 radical (unpaired) electrons. The highest BCUT2D eigenvalue weighted by Crippen LogP contribution is 2.49. The second kappa shape index (κ2) is 18.5. The van der Waals surface area contributed by atoms with Crippen LogP contribution in [0, 0.1) is 5.41 Å². The van der Waals surface area contributed by atoms with Gasteiger partial charge < -0.3 is 40.3 Å². The van der Waals surface area contributed by atoms with E-state index in [4.69, 9.17) is 14.0 Å². The van der Waals surface area contributed by atoms with Crippen LogP contribution in [-0.2, 0) is 40.5 Å². The van der Waals surface area contributed by atoms with Crippen molar-refractivity contribution in [2.45, 2.75) is 93.7 Å². The van der Waals surface area contributed by atoms with Gasteiger partial charge in [0.15, 0.2) is 16.1 Å². The number of carbonyl (C=O) groups is 1. The molecule has 15 nitrogen and oxygen atoms in total. The van der Waals surface area contributed by atoms with Crippen LogP contribution >= 0.6 is 0 Å². The Bertz CT molecular complexity index is 1920. The minimum absolute atomic E-state index is 0.00106. The molecule has 2 aliphatic rings. The van der Waals surface area contributed by atoms with Crippen molar-refractivity contribution in [2.24, 2.45) is 5.41 Å². The number of hydrogen-bond acceptors (Lipinski definition) is 12. The van der Waals surface area contributed by atoms with Crippen LogP contribution < -0.4 is 15.5 Å². The SMILES string of the molecule is C=C/C(=C\C(=C)NC(=O)N[C@@H]1O[C@H](COS(=O)(=O)O)[C@@H](O)[C@H](OCc2ccccc2)[C@H]1O)[C@@H]1c2cc(N(C)C)ccc2S(=O)(=O)C[C@@](CC)(CCCC)[C@@H]1O. The lowest BCUT2D eigenvalue weighted by Crippen LogP contribution is -2.64. The van der Waals surface area contributed by atoms with E-state index in [2.05, 4.69) is 28.0 Å². The standard InChI is InChI=1S/C38H53N3O12S2/c1-7-10-18-38(9-3)23-54(46,47)30-17-16-27(41(5)6)20-28(30)31(35(38)44)26(8-2)19-24(4)39-37(45)40-36-33(43)34(51-21-25-14-12-11-13-15-25)32(42)29(53-36)22-52-55(48,49)50/h8,11-17,19-20,29,31-36,42-44H,2,4,7,9-10,18,21-23H2,1,3,5-6H3,(H2,39,40,45)(H,48,49,50)/b26-19+/t29-,31-,32-,33-,34+,35-,36-,38-/m1/s1. The van der Waals surface area contributed by atoms with E-state index in [9.17, 15) is 36.9 Å². The molecule has 2 heterocycles. The van der Waals surface area contributed by atoms with Gasteiger partial charge in [0.05, 0.1) is 30.0 Å². The van der Waals surface area contributed by atoms with Gasteiger partial charge in [-0.2, -0.15) is 8.42 Å². The number of sulfone groups is 1. The van der Waals surface area contributed by atoms with Crippen molar-refractivity contribution in [3.05, 3.63) is 96.2 Å². The smallest absolute Gasteiger partial charge is 0.392 e. The van der Waals surface area contributed by atoms with Crippen LogP contribution in [0.25, 0.3) is 0 Å². The van der Waals surface area contributed by atoms with E-state index in [0.29, 0.717) is 41.6 Å². The normalized spacial score (nSPS) is 28.0. The summed E-state index contributed by atoms with van der Waals surface area (Å²) in [7, 11) is -5.16. The lowest BCUT2D eigenvalue weighted by molar-refractivity contribution is -0.246. The van der Waals surface area contributed by atoms with Gasteiger partial charge in [0.25, 0.3) is 0 Å². The summed E-state index contributed by atoms with van der Waals surface area (Å²) in [6.45, 7) is 10.8. The summed E-state index contributed by atoms with van der Waals surface area (Å²) in [4.78, 5) is 15.3. The van der Waals surface area contributed by atoms with Crippen molar-refractivity contribution in [3.63, 3.8) is 0 Å². The zero-order chi connectivity index (χ0) is 40.7. The van der Waals surface area contributed by atoms with Crippen molar-refractivity contribution in [1.82, 2.24) is 10.6 Å². The minimum atomic E-state index is -4.94. The molecule has 1 saturated heterocycles. The molecule has 0 spiro atoms. The van der Waals surface area contributed by atoms with Crippen molar-refractivity contribution in [1.29, 1.82) is 0 Å². The summed E-state index contributed by atoms with van der Waals surface area (Å²) >= 11 is 0. The van der Waals surface area contributed by atoms with Crippen LogP contribution in [-0.4, -0.2) is 106 Å². The van der Waals surface area contributed by atoms with Gasteiger partial charge in [-0.15, -0.1) is 0 Å². The molecule has 0 aromatic heterocycles. The molecule has 2 aliphatic heterocycles. The number of nitrogens with zero attached hydrogens (tertiary/aromatic N) is 1. The number of aliphatic hydroxyl groups excluding tert-OH is 3. The van der Waals surface area contributed by atoms with Gasteiger partial charge in [-0.25, -0.2) is 17.4 Å². The van der Waals surface area contributed by atoms with Crippen LogP contribution in [0.2, 0.25) is 0 Å². The van der Waals surface area contributed by atoms with Crippen LogP contribution in [0.5, 0.6) is 0 Å². The van der Waals surface area contributed by atoms with Gasteiger partial charge in [-0.3, -0.25) is 4.55 Å². The fourth-order valence-electron chi connectivity index (χ4n) is 7.14. The molecule has 0 unspecified atom stereocenters. The average Bonchev–Trinajstić information content (AvgIpc) is 3.20. The maximum atomic E-state index is 14.0. The summed E-state index contributed by atoms with van der Waals surface area (Å²) in [5.74, 6) is -1.14. The van der Waals surface area contributed by atoms with Gasteiger partial charge in [0.1, 0.15) is 24.4 Å². The van der Waals surface area contributed by atoms with Crippen LogP contribution in [0.15, 0.2) is 90.0 Å². The number of fused-ring (bicyclic) bond motifs is 1. The van der Waals surface area contributed by atoms with Crippen LogP contribution in [0.4, 0.5) is 10.5 Å². The lowest BCUT2D eigenvalue weighted by atomic mass is 9.68. The number of unbranched alkanes of at least 4 members (excludes halogenated alkanes) is 1. The first-order valence-corrected chi connectivity index (χ1v) is 21.0. The Morgan fingerprint density at radius 3 is 2.40 bits per heavy atom. The first-order valence-electron chi connectivity index (χ1n) is 18.0. The number of nitrogens with one attached hydrogen (secondary N) is 2. The van der Waals surface area contributed by atoms with E-state index in [1.165, 1.54) is 12.2 Å². The molecule has 2 amide bonds. The second-order valence-corrected chi connectivity index (χ2v) is 17.2. The van der Waals surface area contributed by atoms with E-state index in [1.54, 1.807) is 48.5 Å². The highest BCUT2D eigenvalue weighted by Gasteiger charge is 2.50.